The van der Waals surface area contributed by atoms with Crippen LogP contribution in [-0.4, -0.2) is 14.2 Å². The molecule has 41 heavy (non-hydrogen) atoms. The molecule has 0 amide bonds. The maximum absolute atomic E-state index is 11.1. The fourth-order valence-electron chi connectivity index (χ4n) is 6.00. The average Bonchev–Trinajstić information content (AvgIpc) is 3.52. The van der Waals surface area contributed by atoms with Gasteiger partial charge in [0, 0.05) is 44.5 Å². The van der Waals surface area contributed by atoms with Crippen molar-refractivity contribution in [1.82, 2.24) is 9.13 Å². The van der Waals surface area contributed by atoms with Crippen molar-refractivity contribution in [3.05, 3.63) is 151 Å². The van der Waals surface area contributed by atoms with E-state index in [2.05, 4.69) is 118 Å². The molecule has 0 atom stereocenters. The van der Waals surface area contributed by atoms with Crippen LogP contribution in [0.2, 0.25) is 0 Å². The molecule has 0 fully saturated rings. The van der Waals surface area contributed by atoms with Crippen LogP contribution in [0.3, 0.4) is 0 Å². The molecule has 3 nitrogen and oxygen atoms in total. The van der Waals surface area contributed by atoms with Crippen molar-refractivity contribution in [2.75, 3.05) is 0 Å². The minimum atomic E-state index is 0.173. The Bertz CT molecular complexity index is 2310. The van der Waals surface area contributed by atoms with Gasteiger partial charge in [-0.05, 0) is 60.7 Å². The summed E-state index contributed by atoms with van der Waals surface area (Å²) in [6.07, 6.45) is 0. The Morgan fingerprint density at radius 1 is 0.415 bits per heavy atom. The maximum Gasteiger partial charge on any atom is 0.133 e. The van der Waals surface area contributed by atoms with Gasteiger partial charge >= 0.3 is 0 Å². The molecule has 0 radical (unpaired) electrons. The standard InChI is InChI=1S/C38H24N2O/c41-38-25-37-33(31-16-8-10-18-35(31)40(37)29-13-5-2-6-14-29)24-27(38)21-19-26-20-22-36-32(23-26)30-15-7-9-17-34(30)39(36)28-11-3-1-4-12-28/h1-18,20,22-25,41H. The molecule has 0 aliphatic heterocycles. The van der Waals surface area contributed by atoms with Crippen LogP contribution in [0.25, 0.3) is 55.0 Å². The summed E-state index contributed by atoms with van der Waals surface area (Å²) < 4.78 is 4.49. The van der Waals surface area contributed by atoms with E-state index in [9.17, 15) is 5.11 Å². The second-order valence-electron chi connectivity index (χ2n) is 10.2. The van der Waals surface area contributed by atoms with Gasteiger partial charge in [-0.25, -0.2) is 0 Å². The molecule has 2 heterocycles. The number of rotatable bonds is 2. The highest BCUT2D eigenvalue weighted by Gasteiger charge is 2.15. The number of aromatic nitrogens is 2. The smallest absolute Gasteiger partial charge is 0.133 e. The first-order valence-corrected chi connectivity index (χ1v) is 13.7. The van der Waals surface area contributed by atoms with E-state index >= 15 is 0 Å². The molecule has 8 aromatic rings. The molecule has 0 aliphatic rings. The number of nitrogens with zero attached hydrogens (tertiary/aromatic N) is 2. The molecule has 0 saturated carbocycles. The summed E-state index contributed by atoms with van der Waals surface area (Å²) in [4.78, 5) is 0. The van der Waals surface area contributed by atoms with Gasteiger partial charge in [-0.3, -0.25) is 0 Å². The van der Waals surface area contributed by atoms with Crippen molar-refractivity contribution >= 4 is 43.6 Å². The van der Waals surface area contributed by atoms with Crippen LogP contribution in [-0.2, 0) is 0 Å². The number of hydrogen-bond acceptors (Lipinski definition) is 1. The zero-order valence-electron chi connectivity index (χ0n) is 22.1. The topological polar surface area (TPSA) is 30.1 Å². The summed E-state index contributed by atoms with van der Waals surface area (Å²) in [5.41, 5.74) is 8.05. The Morgan fingerprint density at radius 3 is 1.56 bits per heavy atom. The molecule has 0 bridgehead atoms. The molecular formula is C38H24N2O. The van der Waals surface area contributed by atoms with Crippen LogP contribution in [0.4, 0.5) is 0 Å². The van der Waals surface area contributed by atoms with Gasteiger partial charge in [0.1, 0.15) is 5.75 Å². The van der Waals surface area contributed by atoms with Crippen molar-refractivity contribution in [2.45, 2.75) is 0 Å². The van der Waals surface area contributed by atoms with E-state index in [1.165, 1.54) is 5.39 Å². The summed E-state index contributed by atoms with van der Waals surface area (Å²) in [5, 5.41) is 15.6. The third-order valence-corrected chi connectivity index (χ3v) is 7.83. The second kappa shape index (κ2) is 9.19. The van der Waals surface area contributed by atoms with Gasteiger partial charge < -0.3 is 14.2 Å². The van der Waals surface area contributed by atoms with Crippen LogP contribution < -0.4 is 0 Å². The lowest BCUT2D eigenvalue weighted by atomic mass is 10.1. The Morgan fingerprint density at radius 2 is 0.927 bits per heavy atom. The van der Waals surface area contributed by atoms with Crippen molar-refractivity contribution in [3.63, 3.8) is 0 Å². The Kier molecular flexibility index (Phi) is 5.20. The lowest BCUT2D eigenvalue weighted by Crippen LogP contribution is -1.93. The molecular weight excluding hydrogens is 500 g/mol. The Balaban J connectivity index is 1.28. The quantitative estimate of drug-likeness (QED) is 0.225. The average molecular weight is 525 g/mol. The second-order valence-corrected chi connectivity index (χ2v) is 10.2. The van der Waals surface area contributed by atoms with Crippen molar-refractivity contribution in [2.24, 2.45) is 0 Å². The zero-order chi connectivity index (χ0) is 27.3. The zero-order valence-corrected chi connectivity index (χ0v) is 22.1. The lowest BCUT2D eigenvalue weighted by molar-refractivity contribution is 0.474. The summed E-state index contributed by atoms with van der Waals surface area (Å²) in [5.74, 6) is 6.78. The van der Waals surface area contributed by atoms with E-state index in [1.54, 1.807) is 0 Å². The summed E-state index contributed by atoms with van der Waals surface area (Å²) >= 11 is 0. The molecule has 0 spiro atoms. The first kappa shape index (κ1) is 23.2. The van der Waals surface area contributed by atoms with Crippen LogP contribution in [0.15, 0.2) is 140 Å². The number of para-hydroxylation sites is 4. The monoisotopic (exact) mass is 524 g/mol. The van der Waals surface area contributed by atoms with Crippen molar-refractivity contribution in [3.8, 4) is 29.0 Å². The first-order valence-electron chi connectivity index (χ1n) is 13.7. The fourth-order valence-corrected chi connectivity index (χ4v) is 6.00. The number of phenols is 1. The third kappa shape index (κ3) is 3.70. The molecule has 0 unspecified atom stereocenters. The SMILES string of the molecule is Oc1cc2c(cc1C#Cc1ccc3c(c1)c1ccccc1n3-c1ccccc1)c1ccccc1n2-c1ccccc1. The van der Waals surface area contributed by atoms with E-state index in [4.69, 9.17) is 0 Å². The van der Waals surface area contributed by atoms with Gasteiger partial charge in [-0.2, -0.15) is 0 Å². The lowest BCUT2D eigenvalue weighted by Gasteiger charge is -2.08. The fraction of sp³-hybridized carbons (Fsp3) is 0. The van der Waals surface area contributed by atoms with Gasteiger partial charge in [0.25, 0.3) is 0 Å². The molecule has 6 aromatic carbocycles. The third-order valence-electron chi connectivity index (χ3n) is 7.83. The predicted octanol–water partition coefficient (Wildman–Crippen LogP) is 8.99. The number of hydrogen-bond donors (Lipinski definition) is 1. The maximum atomic E-state index is 11.1. The summed E-state index contributed by atoms with van der Waals surface area (Å²) in [7, 11) is 0. The minimum Gasteiger partial charge on any atom is -0.507 e. The van der Waals surface area contributed by atoms with Gasteiger partial charge in [0.05, 0.1) is 27.6 Å². The van der Waals surface area contributed by atoms with E-state index in [0.29, 0.717) is 5.56 Å². The van der Waals surface area contributed by atoms with E-state index < -0.39 is 0 Å². The molecule has 0 aliphatic carbocycles. The first-order chi connectivity index (χ1) is 20.3. The largest absolute Gasteiger partial charge is 0.507 e. The normalized spacial score (nSPS) is 11.3. The minimum absolute atomic E-state index is 0.173. The summed E-state index contributed by atoms with van der Waals surface area (Å²) in [6, 6.07) is 47.7. The van der Waals surface area contributed by atoms with Gasteiger partial charge in [0.15, 0.2) is 0 Å². The van der Waals surface area contributed by atoms with Gasteiger partial charge in [0.2, 0.25) is 0 Å². The van der Waals surface area contributed by atoms with Crippen LogP contribution >= 0.6 is 0 Å². The number of phenolic OH excluding ortho intramolecular Hbond substituents is 1. The van der Waals surface area contributed by atoms with E-state index in [0.717, 1.165) is 55.2 Å². The van der Waals surface area contributed by atoms with Crippen molar-refractivity contribution in [1.29, 1.82) is 0 Å². The highest BCUT2D eigenvalue weighted by Crippen LogP contribution is 2.36. The number of fused-ring (bicyclic) bond motifs is 6. The van der Waals surface area contributed by atoms with E-state index in [-0.39, 0.29) is 5.75 Å². The molecule has 192 valence electrons. The van der Waals surface area contributed by atoms with Gasteiger partial charge in [-0.15, -0.1) is 0 Å². The molecule has 8 rings (SSSR count). The highest BCUT2D eigenvalue weighted by molar-refractivity contribution is 6.11. The van der Waals surface area contributed by atoms with Crippen LogP contribution in [0.1, 0.15) is 11.1 Å². The predicted molar refractivity (Wildman–Crippen MR) is 169 cm³/mol. The van der Waals surface area contributed by atoms with Crippen LogP contribution in [0, 0.1) is 11.8 Å². The summed E-state index contributed by atoms with van der Waals surface area (Å²) in [6.45, 7) is 0. The molecule has 0 saturated heterocycles. The Hall–Kier alpha value is -5.72. The highest BCUT2D eigenvalue weighted by atomic mass is 16.3. The molecule has 1 N–H and O–H groups in total. The number of benzene rings is 6. The Labute approximate surface area is 237 Å². The van der Waals surface area contributed by atoms with Crippen molar-refractivity contribution < 1.29 is 5.11 Å². The number of aromatic hydroxyl groups is 1. The van der Waals surface area contributed by atoms with Crippen LogP contribution in [0.5, 0.6) is 5.75 Å². The molecule has 3 heteroatoms. The molecule has 2 aromatic heterocycles. The van der Waals surface area contributed by atoms with E-state index in [1.807, 2.05) is 42.5 Å². The van der Waals surface area contributed by atoms with Gasteiger partial charge in [-0.1, -0.05) is 84.6 Å².